The van der Waals surface area contributed by atoms with Crippen LogP contribution in [0, 0.1) is 11.3 Å². The van der Waals surface area contributed by atoms with Gasteiger partial charge in [-0.25, -0.2) is 13.6 Å². The number of ether oxygens (including phenoxy) is 1. The van der Waals surface area contributed by atoms with Crippen LogP contribution in [0.5, 0.6) is 0 Å². The Morgan fingerprint density at radius 3 is 2.42 bits per heavy atom. The predicted octanol–water partition coefficient (Wildman–Crippen LogP) is 6.04. The Balaban J connectivity index is 1.74. The van der Waals surface area contributed by atoms with E-state index in [1.54, 1.807) is 45.9 Å². The van der Waals surface area contributed by atoms with E-state index in [-0.39, 0.29) is 23.3 Å². The molecule has 1 unspecified atom stereocenters. The number of hydrogen-bond donors (Lipinski definition) is 1. The van der Waals surface area contributed by atoms with E-state index in [0.29, 0.717) is 21.8 Å². The highest BCUT2D eigenvalue weighted by atomic mass is 35.5. The van der Waals surface area contributed by atoms with Gasteiger partial charge in [-0.15, -0.1) is 0 Å². The summed E-state index contributed by atoms with van der Waals surface area (Å²) in [6.07, 6.45) is -0.0223. The van der Waals surface area contributed by atoms with E-state index in [1.165, 1.54) is 41.4 Å². The van der Waals surface area contributed by atoms with E-state index in [2.05, 4.69) is 5.32 Å². The Kier molecular flexibility index (Phi) is 8.16. The van der Waals surface area contributed by atoms with Gasteiger partial charge in [0.15, 0.2) is 0 Å². The van der Waals surface area contributed by atoms with Crippen molar-refractivity contribution >= 4 is 34.7 Å². The molecule has 188 valence electrons. The van der Waals surface area contributed by atoms with Crippen LogP contribution in [0.1, 0.15) is 49.2 Å². The fourth-order valence-corrected chi connectivity index (χ4v) is 3.76. The van der Waals surface area contributed by atoms with Crippen molar-refractivity contribution in [2.75, 3.05) is 11.9 Å². The molecule has 0 spiro atoms. The lowest BCUT2D eigenvalue weighted by Gasteiger charge is -2.31. The summed E-state index contributed by atoms with van der Waals surface area (Å²) in [6.45, 7) is 7.08. The van der Waals surface area contributed by atoms with Crippen molar-refractivity contribution in [3.8, 4) is 6.07 Å². The number of anilines is 1. The van der Waals surface area contributed by atoms with Crippen molar-refractivity contribution in [1.29, 1.82) is 5.26 Å². The second-order valence-electron chi connectivity index (χ2n) is 9.25. The van der Waals surface area contributed by atoms with Crippen LogP contribution >= 0.6 is 11.6 Å². The molecule has 6 nitrogen and oxygen atoms in total. The number of esters is 1. The molecule has 0 bridgehead atoms. The highest BCUT2D eigenvalue weighted by molar-refractivity contribution is 6.30. The molecule has 0 radical (unpaired) electrons. The number of carbonyl (C=O) groups is 2. The lowest BCUT2D eigenvalue weighted by atomic mass is 9.92. The molecule has 0 aliphatic carbocycles. The van der Waals surface area contributed by atoms with E-state index in [4.69, 9.17) is 16.3 Å². The number of nitriles is 1. The highest BCUT2D eigenvalue weighted by Gasteiger charge is 2.28. The van der Waals surface area contributed by atoms with Crippen LogP contribution in [0.4, 0.5) is 14.5 Å². The molecule has 1 heterocycles. The second kappa shape index (κ2) is 10.9. The smallest absolute Gasteiger partial charge is 0.338 e. The molecule has 0 saturated carbocycles. The van der Waals surface area contributed by atoms with Gasteiger partial charge in [0.05, 0.1) is 17.2 Å². The van der Waals surface area contributed by atoms with Crippen molar-refractivity contribution in [1.82, 2.24) is 4.90 Å². The minimum atomic E-state index is -2.83. The van der Waals surface area contributed by atoms with E-state index >= 15 is 0 Å². The molecule has 36 heavy (non-hydrogen) atoms. The first kappa shape index (κ1) is 26.9. The zero-order valence-corrected chi connectivity index (χ0v) is 21.1. The van der Waals surface area contributed by atoms with Gasteiger partial charge in [0.2, 0.25) is 5.91 Å². The third-order valence-electron chi connectivity index (χ3n) is 5.41. The van der Waals surface area contributed by atoms with Crippen molar-refractivity contribution < 1.29 is 23.1 Å². The maximum atomic E-state index is 14.0. The number of nitrogens with one attached hydrogen (secondary N) is 1. The molecular formula is C27H26ClF2N3O3. The quantitative estimate of drug-likeness (QED) is 0.476. The van der Waals surface area contributed by atoms with Crippen LogP contribution in [0.15, 0.2) is 60.3 Å². The number of rotatable bonds is 6. The number of allylic oxidation sites excluding steroid dienone is 2. The first-order valence-corrected chi connectivity index (χ1v) is 11.6. The van der Waals surface area contributed by atoms with Gasteiger partial charge in [-0.1, -0.05) is 17.7 Å². The monoisotopic (exact) mass is 513 g/mol. The number of hydrogen-bond acceptors (Lipinski definition) is 5. The molecule has 0 saturated heterocycles. The Hall–Kier alpha value is -3.70. The van der Waals surface area contributed by atoms with Gasteiger partial charge in [0.25, 0.3) is 6.43 Å². The average molecular weight is 514 g/mol. The topological polar surface area (TPSA) is 82.4 Å². The van der Waals surface area contributed by atoms with Gasteiger partial charge >= 0.3 is 5.97 Å². The number of nitrogens with zero attached hydrogens (tertiary/aromatic N) is 2. The largest absolute Gasteiger partial charge is 0.456 e. The molecule has 1 atom stereocenters. The minimum Gasteiger partial charge on any atom is -0.456 e. The highest BCUT2D eigenvalue weighted by Crippen LogP contribution is 2.34. The molecule has 3 rings (SSSR count). The van der Waals surface area contributed by atoms with E-state index in [1.807, 2.05) is 6.07 Å². The van der Waals surface area contributed by atoms with Gasteiger partial charge < -0.3 is 15.0 Å². The summed E-state index contributed by atoms with van der Waals surface area (Å²) < 4.78 is 33.3. The zero-order chi connectivity index (χ0) is 26.6. The number of halogens is 3. The molecule has 0 aromatic heterocycles. The number of carbonyl (C=O) groups excluding carboxylic acids is 2. The molecule has 1 amide bonds. The van der Waals surface area contributed by atoms with Crippen LogP contribution in [-0.4, -0.2) is 41.4 Å². The number of amides is 1. The molecular weight excluding hydrogens is 488 g/mol. The lowest BCUT2D eigenvalue weighted by Crippen LogP contribution is -2.40. The lowest BCUT2D eigenvalue weighted by molar-refractivity contribution is -0.119. The van der Waals surface area contributed by atoms with Crippen LogP contribution < -0.4 is 5.32 Å². The van der Waals surface area contributed by atoms with Gasteiger partial charge in [-0.3, -0.25) is 4.79 Å². The van der Waals surface area contributed by atoms with E-state index < -0.39 is 29.9 Å². The Labute approximate surface area is 213 Å². The van der Waals surface area contributed by atoms with Crippen molar-refractivity contribution in [2.45, 2.75) is 45.8 Å². The first-order valence-electron chi connectivity index (χ1n) is 11.2. The van der Waals surface area contributed by atoms with E-state index in [9.17, 15) is 23.6 Å². The SMILES string of the molecule is CC(C(=O)Nc1ccc(C(=O)OC(C)(C)C)cc1)N1C=C(C(F)F)C(c2cc(Cl)ccc2C#N)=CC1. The normalized spacial score (nSPS) is 14.5. The van der Waals surface area contributed by atoms with Gasteiger partial charge in [-0.2, -0.15) is 5.26 Å². The van der Waals surface area contributed by atoms with Crippen molar-refractivity contribution in [2.24, 2.45) is 0 Å². The molecule has 1 aliphatic heterocycles. The van der Waals surface area contributed by atoms with E-state index in [0.717, 1.165) is 0 Å². The maximum absolute atomic E-state index is 14.0. The minimum absolute atomic E-state index is 0.176. The van der Waals surface area contributed by atoms with Crippen LogP contribution in [0.2, 0.25) is 5.02 Å². The van der Waals surface area contributed by atoms with Crippen molar-refractivity contribution in [3.05, 3.63) is 82.0 Å². The van der Waals surface area contributed by atoms with Gasteiger partial charge in [0, 0.05) is 34.6 Å². The zero-order valence-electron chi connectivity index (χ0n) is 20.3. The summed E-state index contributed by atoms with van der Waals surface area (Å²) >= 11 is 6.04. The van der Waals surface area contributed by atoms with Crippen LogP contribution in [0.25, 0.3) is 5.57 Å². The molecule has 1 N–H and O–H groups in total. The van der Waals surface area contributed by atoms with Crippen molar-refractivity contribution in [3.63, 3.8) is 0 Å². The summed E-state index contributed by atoms with van der Waals surface area (Å²) in [5, 5.41) is 12.5. The third kappa shape index (κ3) is 6.49. The van der Waals surface area contributed by atoms with Gasteiger partial charge in [0.1, 0.15) is 11.6 Å². The summed E-state index contributed by atoms with van der Waals surface area (Å²) in [7, 11) is 0. The molecule has 2 aromatic rings. The fourth-order valence-electron chi connectivity index (χ4n) is 3.59. The average Bonchev–Trinajstić information content (AvgIpc) is 2.82. The maximum Gasteiger partial charge on any atom is 0.338 e. The Morgan fingerprint density at radius 2 is 1.83 bits per heavy atom. The summed E-state index contributed by atoms with van der Waals surface area (Å²) in [5.41, 5.74) is 0.613. The van der Waals surface area contributed by atoms with Crippen LogP contribution in [-0.2, 0) is 9.53 Å². The molecule has 2 aromatic carbocycles. The predicted molar refractivity (Wildman–Crippen MR) is 135 cm³/mol. The molecule has 1 aliphatic rings. The first-order chi connectivity index (χ1) is 16.9. The fraction of sp³-hybridized carbons (Fsp3) is 0.296. The third-order valence-corrected chi connectivity index (χ3v) is 5.65. The summed E-state index contributed by atoms with van der Waals surface area (Å²) in [5.74, 6) is -0.893. The van der Waals surface area contributed by atoms with Crippen LogP contribution in [0.3, 0.4) is 0 Å². The summed E-state index contributed by atoms with van der Waals surface area (Å²) in [4.78, 5) is 26.5. The number of benzene rings is 2. The molecule has 0 fully saturated rings. The van der Waals surface area contributed by atoms with Gasteiger partial charge in [-0.05, 0) is 75.7 Å². The number of alkyl halides is 2. The summed E-state index contributed by atoms with van der Waals surface area (Å²) in [6, 6.07) is 11.9. The standard InChI is InChI=1S/C27H26ClF2N3O3/c1-16(25(34)32-20-9-6-17(7-10-20)26(35)36-27(2,3)4)33-12-11-21(23(15-33)24(29)30)22-13-19(28)8-5-18(22)14-31/h5-11,13,15-16,24H,12H2,1-4H3,(H,32,34). The Morgan fingerprint density at radius 1 is 1.17 bits per heavy atom. The molecule has 9 heteroatoms. The second-order valence-corrected chi connectivity index (χ2v) is 9.68. The Bertz CT molecular complexity index is 1260.